The molecule has 0 amide bonds. The summed E-state index contributed by atoms with van der Waals surface area (Å²) in [5.41, 5.74) is 3.44. The SMILES string of the molecule is CNc1cc2ccccc2c(-c2ccc(C)cc2)n1. The highest BCUT2D eigenvalue weighted by atomic mass is 15.0. The molecule has 19 heavy (non-hydrogen) atoms. The van der Waals surface area contributed by atoms with Gasteiger partial charge in [-0.25, -0.2) is 4.98 Å². The topological polar surface area (TPSA) is 24.9 Å². The Bertz CT molecular complexity index is 715. The van der Waals surface area contributed by atoms with Gasteiger partial charge in [0.2, 0.25) is 0 Å². The van der Waals surface area contributed by atoms with Gasteiger partial charge in [0.15, 0.2) is 0 Å². The molecule has 1 heterocycles. The van der Waals surface area contributed by atoms with E-state index in [1.54, 1.807) is 0 Å². The maximum absolute atomic E-state index is 4.71. The fourth-order valence-electron chi connectivity index (χ4n) is 2.26. The summed E-state index contributed by atoms with van der Waals surface area (Å²) in [6, 6.07) is 18.9. The monoisotopic (exact) mass is 248 g/mol. The quantitative estimate of drug-likeness (QED) is 0.733. The van der Waals surface area contributed by atoms with Crippen molar-refractivity contribution in [1.82, 2.24) is 4.98 Å². The summed E-state index contributed by atoms with van der Waals surface area (Å²) < 4.78 is 0. The molecule has 0 atom stereocenters. The molecule has 2 heteroatoms. The van der Waals surface area contributed by atoms with Crippen molar-refractivity contribution in [3.05, 3.63) is 60.2 Å². The van der Waals surface area contributed by atoms with Crippen LogP contribution in [0.2, 0.25) is 0 Å². The highest BCUT2D eigenvalue weighted by molar-refractivity contribution is 5.96. The number of hydrogen-bond acceptors (Lipinski definition) is 2. The number of aryl methyl sites for hydroxylation is 1. The van der Waals surface area contributed by atoms with Gasteiger partial charge in [-0.05, 0) is 18.4 Å². The number of aromatic nitrogens is 1. The van der Waals surface area contributed by atoms with E-state index in [4.69, 9.17) is 4.98 Å². The van der Waals surface area contributed by atoms with Gasteiger partial charge < -0.3 is 5.32 Å². The van der Waals surface area contributed by atoms with Crippen molar-refractivity contribution in [2.24, 2.45) is 0 Å². The normalized spacial score (nSPS) is 10.6. The predicted octanol–water partition coefficient (Wildman–Crippen LogP) is 4.25. The van der Waals surface area contributed by atoms with Gasteiger partial charge in [0.1, 0.15) is 5.82 Å². The minimum atomic E-state index is 0.897. The van der Waals surface area contributed by atoms with Gasteiger partial charge in [-0.3, -0.25) is 0 Å². The zero-order valence-corrected chi connectivity index (χ0v) is 11.1. The number of rotatable bonds is 2. The molecule has 1 aromatic heterocycles. The van der Waals surface area contributed by atoms with E-state index in [9.17, 15) is 0 Å². The zero-order chi connectivity index (χ0) is 13.2. The summed E-state index contributed by atoms with van der Waals surface area (Å²) in [6.07, 6.45) is 0. The van der Waals surface area contributed by atoms with Gasteiger partial charge in [-0.1, -0.05) is 54.1 Å². The lowest BCUT2D eigenvalue weighted by atomic mass is 10.0. The fraction of sp³-hybridized carbons (Fsp3) is 0.118. The number of hydrogen-bond donors (Lipinski definition) is 1. The van der Waals surface area contributed by atoms with Gasteiger partial charge in [0.05, 0.1) is 5.69 Å². The summed E-state index contributed by atoms with van der Waals surface area (Å²) in [5, 5.41) is 5.52. The molecule has 3 rings (SSSR count). The first kappa shape index (κ1) is 11.7. The lowest BCUT2D eigenvalue weighted by Gasteiger charge is -2.09. The van der Waals surface area contributed by atoms with Crippen LogP contribution in [0.1, 0.15) is 5.56 Å². The second-order valence-corrected chi connectivity index (χ2v) is 4.69. The van der Waals surface area contributed by atoms with E-state index >= 15 is 0 Å². The minimum Gasteiger partial charge on any atom is -0.373 e. The third-order valence-corrected chi connectivity index (χ3v) is 3.32. The van der Waals surface area contributed by atoms with Crippen LogP contribution in [0, 0.1) is 6.92 Å². The van der Waals surface area contributed by atoms with E-state index in [2.05, 4.69) is 66.8 Å². The number of fused-ring (bicyclic) bond motifs is 1. The summed E-state index contributed by atoms with van der Waals surface area (Å²) in [5.74, 6) is 0.897. The number of benzene rings is 2. The van der Waals surface area contributed by atoms with Crippen molar-refractivity contribution in [2.45, 2.75) is 6.92 Å². The first-order valence-corrected chi connectivity index (χ1v) is 6.42. The van der Waals surface area contributed by atoms with Gasteiger partial charge >= 0.3 is 0 Å². The molecule has 0 aliphatic carbocycles. The number of nitrogens with zero attached hydrogens (tertiary/aromatic N) is 1. The first-order chi connectivity index (χ1) is 9.28. The average molecular weight is 248 g/mol. The van der Waals surface area contributed by atoms with Gasteiger partial charge in [-0.15, -0.1) is 0 Å². The maximum atomic E-state index is 4.71. The van der Waals surface area contributed by atoms with E-state index < -0.39 is 0 Å². The highest BCUT2D eigenvalue weighted by Crippen LogP contribution is 2.29. The number of pyridine rings is 1. The molecule has 0 fully saturated rings. The molecule has 94 valence electrons. The summed E-state index contributed by atoms with van der Waals surface area (Å²) >= 11 is 0. The van der Waals surface area contributed by atoms with Crippen LogP contribution >= 0.6 is 0 Å². The third-order valence-electron chi connectivity index (χ3n) is 3.32. The molecule has 0 unspecified atom stereocenters. The minimum absolute atomic E-state index is 0.897. The molecule has 2 aromatic carbocycles. The Kier molecular flexibility index (Phi) is 2.92. The van der Waals surface area contributed by atoms with Crippen LogP contribution < -0.4 is 5.32 Å². The highest BCUT2D eigenvalue weighted by Gasteiger charge is 2.07. The van der Waals surface area contributed by atoms with E-state index in [1.165, 1.54) is 16.3 Å². The lowest BCUT2D eigenvalue weighted by Crippen LogP contribution is -1.95. The van der Waals surface area contributed by atoms with E-state index in [0.717, 1.165) is 17.1 Å². The van der Waals surface area contributed by atoms with Gasteiger partial charge in [-0.2, -0.15) is 0 Å². The Morgan fingerprint density at radius 2 is 1.68 bits per heavy atom. The summed E-state index contributed by atoms with van der Waals surface area (Å²) in [6.45, 7) is 2.10. The van der Waals surface area contributed by atoms with Crippen molar-refractivity contribution < 1.29 is 0 Å². The largest absolute Gasteiger partial charge is 0.373 e. The van der Waals surface area contributed by atoms with Crippen LogP contribution in [0.4, 0.5) is 5.82 Å². The van der Waals surface area contributed by atoms with E-state index in [0.29, 0.717) is 0 Å². The van der Waals surface area contributed by atoms with Gasteiger partial charge in [0.25, 0.3) is 0 Å². The van der Waals surface area contributed by atoms with E-state index in [-0.39, 0.29) is 0 Å². The average Bonchev–Trinajstić information content (AvgIpc) is 2.47. The summed E-state index contributed by atoms with van der Waals surface area (Å²) in [7, 11) is 1.90. The molecule has 2 nitrogen and oxygen atoms in total. The van der Waals surface area contributed by atoms with Gasteiger partial charge in [0, 0.05) is 18.0 Å². The van der Waals surface area contributed by atoms with Crippen LogP contribution in [-0.2, 0) is 0 Å². The number of nitrogens with one attached hydrogen (secondary N) is 1. The van der Waals surface area contributed by atoms with Crippen LogP contribution in [0.25, 0.3) is 22.0 Å². The van der Waals surface area contributed by atoms with Crippen LogP contribution in [0.3, 0.4) is 0 Å². The zero-order valence-electron chi connectivity index (χ0n) is 11.1. The van der Waals surface area contributed by atoms with Crippen molar-refractivity contribution in [3.63, 3.8) is 0 Å². The number of anilines is 1. The lowest BCUT2D eigenvalue weighted by molar-refractivity contribution is 1.31. The molecule has 0 saturated carbocycles. The fourth-order valence-corrected chi connectivity index (χ4v) is 2.26. The molecule has 0 aliphatic heterocycles. The van der Waals surface area contributed by atoms with Crippen LogP contribution in [0.15, 0.2) is 54.6 Å². The summed E-state index contributed by atoms with van der Waals surface area (Å²) in [4.78, 5) is 4.71. The van der Waals surface area contributed by atoms with Crippen LogP contribution in [-0.4, -0.2) is 12.0 Å². The molecular formula is C17H16N2. The standard InChI is InChI=1S/C17H16N2/c1-12-7-9-13(10-8-12)17-15-6-4-3-5-14(15)11-16(18-2)19-17/h3-11H,1-2H3,(H,18,19). The molecule has 1 N–H and O–H groups in total. The second-order valence-electron chi connectivity index (χ2n) is 4.69. The Balaban J connectivity index is 2.29. The third kappa shape index (κ3) is 2.17. The Morgan fingerprint density at radius 3 is 2.42 bits per heavy atom. The molecule has 3 aromatic rings. The Labute approximate surface area is 113 Å². The second kappa shape index (κ2) is 4.73. The smallest absolute Gasteiger partial charge is 0.127 e. The van der Waals surface area contributed by atoms with Crippen molar-refractivity contribution >= 4 is 16.6 Å². The molecule has 0 spiro atoms. The Hall–Kier alpha value is -2.35. The first-order valence-electron chi connectivity index (χ1n) is 6.42. The molecule has 0 aliphatic rings. The van der Waals surface area contributed by atoms with Crippen molar-refractivity contribution in [2.75, 3.05) is 12.4 Å². The van der Waals surface area contributed by atoms with Crippen LogP contribution in [0.5, 0.6) is 0 Å². The van der Waals surface area contributed by atoms with Crippen molar-refractivity contribution in [3.8, 4) is 11.3 Å². The maximum Gasteiger partial charge on any atom is 0.127 e. The van der Waals surface area contributed by atoms with E-state index in [1.807, 2.05) is 7.05 Å². The Morgan fingerprint density at radius 1 is 0.947 bits per heavy atom. The molecule has 0 bridgehead atoms. The molecular weight excluding hydrogens is 232 g/mol. The molecule has 0 radical (unpaired) electrons. The predicted molar refractivity (Wildman–Crippen MR) is 81.5 cm³/mol. The van der Waals surface area contributed by atoms with Crippen molar-refractivity contribution in [1.29, 1.82) is 0 Å². The molecule has 0 saturated heterocycles.